The highest BCUT2D eigenvalue weighted by molar-refractivity contribution is 7.07. The minimum atomic E-state index is -0.601. The summed E-state index contributed by atoms with van der Waals surface area (Å²) in [6.45, 7) is 1.57. The molecule has 0 N–H and O–H groups in total. The van der Waals surface area contributed by atoms with Crippen LogP contribution in [0, 0.1) is 0 Å². The Kier molecular flexibility index (Phi) is 7.39. The van der Waals surface area contributed by atoms with Crippen molar-refractivity contribution in [1.82, 2.24) is 4.57 Å². The van der Waals surface area contributed by atoms with Crippen LogP contribution in [-0.2, 0) is 25.6 Å². The van der Waals surface area contributed by atoms with E-state index in [0.29, 0.717) is 26.3 Å². The fourth-order valence-corrected chi connectivity index (χ4v) is 3.40. The molecule has 0 aliphatic carbocycles. The van der Waals surface area contributed by atoms with Gasteiger partial charge in [-0.3, -0.25) is 14.2 Å². The van der Waals surface area contributed by atoms with E-state index >= 15 is 0 Å². The Labute approximate surface area is 165 Å². The summed E-state index contributed by atoms with van der Waals surface area (Å²) in [7, 11) is 4.27. The molecule has 0 bridgehead atoms. The quantitative estimate of drug-likeness (QED) is 0.609. The first kappa shape index (κ1) is 21.2. The molecule has 0 atom stereocenters. The Morgan fingerprint density at radius 1 is 1.14 bits per heavy atom. The number of nitrogens with zero attached hydrogens (tertiary/aromatic N) is 1. The zero-order valence-corrected chi connectivity index (χ0v) is 16.8. The van der Waals surface area contributed by atoms with Crippen LogP contribution in [0.3, 0.4) is 0 Å². The van der Waals surface area contributed by atoms with Gasteiger partial charge in [-0.25, -0.2) is 4.79 Å². The topological polar surface area (TPSA) is 93.1 Å². The molecule has 150 valence electrons. The van der Waals surface area contributed by atoms with Crippen LogP contribution in [0.2, 0.25) is 0 Å². The highest BCUT2D eigenvalue weighted by Crippen LogP contribution is 2.27. The minimum Gasteiger partial charge on any atom is -0.493 e. The van der Waals surface area contributed by atoms with Crippen molar-refractivity contribution in [3.63, 3.8) is 0 Å². The lowest BCUT2D eigenvalue weighted by Crippen LogP contribution is -2.34. The molecule has 0 radical (unpaired) electrons. The number of methoxy groups -OCH3 is 3. The molecule has 0 amide bonds. The van der Waals surface area contributed by atoms with Gasteiger partial charge < -0.3 is 18.9 Å². The molecule has 0 fully saturated rings. The molecule has 8 nitrogen and oxygen atoms in total. The second kappa shape index (κ2) is 9.75. The Morgan fingerprint density at radius 3 is 2.46 bits per heavy atom. The molecule has 0 spiro atoms. The SMILES string of the molecule is CCOC(=O)/C=c1\s/c(=C\c2ccc(OC)c(OC)c2)c(=O)n1CC(=O)OC. The average Bonchev–Trinajstić information content (AvgIpc) is 2.96. The van der Waals surface area contributed by atoms with Crippen LogP contribution in [0.5, 0.6) is 11.5 Å². The molecule has 1 aromatic carbocycles. The van der Waals surface area contributed by atoms with Crippen molar-refractivity contribution < 1.29 is 28.5 Å². The lowest BCUT2D eigenvalue weighted by Gasteiger charge is -2.07. The third-order valence-electron chi connectivity index (χ3n) is 3.68. The number of ether oxygens (including phenoxy) is 4. The molecule has 1 heterocycles. The van der Waals surface area contributed by atoms with E-state index in [1.54, 1.807) is 31.2 Å². The van der Waals surface area contributed by atoms with Crippen LogP contribution in [0.4, 0.5) is 0 Å². The van der Waals surface area contributed by atoms with Crippen LogP contribution < -0.4 is 24.2 Å². The summed E-state index contributed by atoms with van der Waals surface area (Å²) >= 11 is 1.07. The van der Waals surface area contributed by atoms with Gasteiger partial charge in [0.25, 0.3) is 5.56 Å². The largest absolute Gasteiger partial charge is 0.493 e. The molecule has 2 rings (SSSR count). The number of esters is 2. The zero-order valence-electron chi connectivity index (χ0n) is 16.0. The van der Waals surface area contributed by atoms with Crippen molar-refractivity contribution in [2.45, 2.75) is 13.5 Å². The van der Waals surface area contributed by atoms with Gasteiger partial charge in [0, 0.05) is 0 Å². The van der Waals surface area contributed by atoms with Crippen molar-refractivity contribution in [2.75, 3.05) is 27.9 Å². The first-order valence-electron chi connectivity index (χ1n) is 8.32. The maximum atomic E-state index is 12.8. The van der Waals surface area contributed by atoms with Gasteiger partial charge >= 0.3 is 11.9 Å². The van der Waals surface area contributed by atoms with Crippen LogP contribution in [0.15, 0.2) is 23.0 Å². The van der Waals surface area contributed by atoms with Gasteiger partial charge in [0.05, 0.1) is 38.5 Å². The fraction of sp³-hybridized carbons (Fsp3) is 0.316. The second-order valence-electron chi connectivity index (χ2n) is 5.43. The summed E-state index contributed by atoms with van der Waals surface area (Å²) in [5, 5.41) is 0. The maximum absolute atomic E-state index is 12.8. The zero-order chi connectivity index (χ0) is 20.7. The first-order valence-corrected chi connectivity index (χ1v) is 9.13. The normalized spacial score (nSPS) is 12.0. The van der Waals surface area contributed by atoms with Gasteiger partial charge in [-0.2, -0.15) is 0 Å². The predicted molar refractivity (Wildman–Crippen MR) is 104 cm³/mol. The summed E-state index contributed by atoms with van der Waals surface area (Å²) in [5.41, 5.74) is 0.282. The van der Waals surface area contributed by atoms with E-state index in [1.165, 1.54) is 32.0 Å². The summed E-state index contributed by atoms with van der Waals surface area (Å²) in [6, 6.07) is 5.20. The summed E-state index contributed by atoms with van der Waals surface area (Å²) < 4.78 is 21.8. The van der Waals surface area contributed by atoms with Gasteiger partial charge in [0.15, 0.2) is 11.5 Å². The van der Waals surface area contributed by atoms with Crippen molar-refractivity contribution in [1.29, 1.82) is 0 Å². The van der Waals surface area contributed by atoms with Gasteiger partial charge in [0.1, 0.15) is 11.2 Å². The van der Waals surface area contributed by atoms with E-state index in [0.717, 1.165) is 11.3 Å². The molecular weight excluding hydrogens is 386 g/mol. The van der Waals surface area contributed by atoms with Gasteiger partial charge in [-0.05, 0) is 30.7 Å². The number of hydrogen-bond acceptors (Lipinski definition) is 8. The second-order valence-corrected chi connectivity index (χ2v) is 6.49. The first-order chi connectivity index (χ1) is 13.4. The molecule has 0 saturated heterocycles. The molecule has 9 heteroatoms. The molecule has 0 saturated carbocycles. The van der Waals surface area contributed by atoms with Gasteiger partial charge in [-0.15, -0.1) is 11.3 Å². The number of rotatable bonds is 7. The lowest BCUT2D eigenvalue weighted by molar-refractivity contribution is -0.141. The van der Waals surface area contributed by atoms with E-state index < -0.39 is 17.5 Å². The minimum absolute atomic E-state index is 0.201. The van der Waals surface area contributed by atoms with E-state index in [-0.39, 0.29) is 13.2 Å². The summed E-state index contributed by atoms with van der Waals surface area (Å²) in [5.74, 6) is -0.123. The number of benzene rings is 1. The van der Waals surface area contributed by atoms with Crippen LogP contribution in [-0.4, -0.2) is 44.4 Å². The van der Waals surface area contributed by atoms with E-state index in [2.05, 4.69) is 4.74 Å². The van der Waals surface area contributed by atoms with Crippen molar-refractivity contribution in [2.24, 2.45) is 0 Å². The molecular formula is C19H21NO7S. The van der Waals surface area contributed by atoms with Gasteiger partial charge in [-0.1, -0.05) is 6.07 Å². The maximum Gasteiger partial charge on any atom is 0.333 e. The van der Waals surface area contributed by atoms with Crippen molar-refractivity contribution in [3.05, 3.63) is 43.3 Å². The number of aromatic nitrogens is 1. The Balaban J connectivity index is 2.62. The number of thiazole rings is 1. The van der Waals surface area contributed by atoms with Gasteiger partial charge in [0.2, 0.25) is 0 Å². The smallest absolute Gasteiger partial charge is 0.333 e. The van der Waals surface area contributed by atoms with E-state index in [1.807, 2.05) is 0 Å². The van der Waals surface area contributed by atoms with Crippen molar-refractivity contribution >= 4 is 35.4 Å². The standard InChI is InChI=1S/C19H21NO7S/c1-5-27-17(21)10-16-20(11-18(22)26-4)19(23)15(28-16)9-12-6-7-13(24-2)14(8-12)25-3/h6-10H,5,11H2,1-4H3/b15-9-,16-10-. The predicted octanol–water partition coefficient (Wildman–Crippen LogP) is 0.272. The number of hydrogen-bond donors (Lipinski definition) is 0. The summed E-state index contributed by atoms with van der Waals surface area (Å²) in [6.07, 6.45) is 2.83. The van der Waals surface area contributed by atoms with Crippen LogP contribution in [0.25, 0.3) is 12.2 Å². The number of carbonyl (C=O) groups is 2. The average molecular weight is 407 g/mol. The Bertz CT molecular complexity index is 1040. The third kappa shape index (κ3) is 5.01. The lowest BCUT2D eigenvalue weighted by atomic mass is 10.2. The Morgan fingerprint density at radius 2 is 1.86 bits per heavy atom. The molecule has 0 aliphatic rings. The van der Waals surface area contributed by atoms with E-state index in [9.17, 15) is 14.4 Å². The highest BCUT2D eigenvalue weighted by Gasteiger charge is 2.11. The summed E-state index contributed by atoms with van der Waals surface area (Å²) in [4.78, 5) is 36.2. The molecule has 28 heavy (non-hydrogen) atoms. The Hall–Kier alpha value is -3.07. The molecule has 2 aromatic rings. The fourth-order valence-electron chi connectivity index (χ4n) is 2.37. The van der Waals surface area contributed by atoms with Crippen LogP contribution in [0.1, 0.15) is 12.5 Å². The number of carbonyl (C=O) groups excluding carboxylic acids is 2. The highest BCUT2D eigenvalue weighted by atomic mass is 32.1. The monoisotopic (exact) mass is 407 g/mol. The third-order valence-corrected chi connectivity index (χ3v) is 4.74. The molecule has 0 aliphatic heterocycles. The van der Waals surface area contributed by atoms with E-state index in [4.69, 9.17) is 14.2 Å². The molecule has 1 aromatic heterocycles. The molecule has 0 unspecified atom stereocenters. The van der Waals surface area contributed by atoms with Crippen molar-refractivity contribution in [3.8, 4) is 11.5 Å². The van der Waals surface area contributed by atoms with Crippen LogP contribution >= 0.6 is 11.3 Å².